The average Bonchev–Trinajstić information content (AvgIpc) is 2.91. The number of amides is 1. The van der Waals surface area contributed by atoms with E-state index in [1.54, 1.807) is 6.20 Å². The molecule has 0 radical (unpaired) electrons. The molecule has 0 aliphatic carbocycles. The van der Waals surface area contributed by atoms with Gasteiger partial charge in [-0.1, -0.05) is 51.2 Å². The second kappa shape index (κ2) is 16.9. The molecule has 39 heavy (non-hydrogen) atoms. The normalized spacial score (nSPS) is 19.9. The van der Waals surface area contributed by atoms with E-state index in [9.17, 15) is 4.79 Å². The summed E-state index contributed by atoms with van der Waals surface area (Å²) in [5.74, 6) is 1.61. The third kappa shape index (κ3) is 11.1. The molecule has 3 saturated heterocycles. The Morgan fingerprint density at radius 3 is 2.41 bits per heavy atom. The van der Waals surface area contributed by atoms with Crippen molar-refractivity contribution in [2.75, 3.05) is 52.5 Å². The van der Waals surface area contributed by atoms with E-state index in [-0.39, 0.29) is 11.8 Å². The number of allylic oxidation sites excluding steroid dienone is 4. The summed E-state index contributed by atoms with van der Waals surface area (Å²) in [7, 11) is 2.71. The number of ether oxygens (including phenoxy) is 1. The number of likely N-dealkylation sites (N-methyl/N-ethyl adjacent to an activating group) is 1. The number of amidine groups is 1. The van der Waals surface area contributed by atoms with Crippen LogP contribution in [0, 0.1) is 22.7 Å². The lowest BCUT2D eigenvalue weighted by Gasteiger charge is -2.53. The van der Waals surface area contributed by atoms with Crippen LogP contribution in [0.2, 0.25) is 0 Å². The highest BCUT2D eigenvalue weighted by Crippen LogP contribution is 2.39. The maximum absolute atomic E-state index is 12.2. The van der Waals surface area contributed by atoms with Crippen molar-refractivity contribution in [1.29, 1.82) is 5.41 Å². The van der Waals surface area contributed by atoms with Gasteiger partial charge in [0.05, 0.1) is 0 Å². The number of carbonyl (C=O) groups is 1. The van der Waals surface area contributed by atoms with Crippen LogP contribution >= 0.6 is 9.24 Å². The predicted molar refractivity (Wildman–Crippen MR) is 168 cm³/mol. The Morgan fingerprint density at radius 2 is 1.90 bits per heavy atom. The molecule has 0 bridgehead atoms. The second-order valence-corrected chi connectivity index (χ2v) is 12.2. The van der Waals surface area contributed by atoms with E-state index in [0.717, 1.165) is 61.8 Å². The molecule has 2 N–H and O–H groups in total. The van der Waals surface area contributed by atoms with Crippen molar-refractivity contribution in [3.05, 3.63) is 47.5 Å². The van der Waals surface area contributed by atoms with E-state index in [1.807, 2.05) is 43.9 Å². The summed E-state index contributed by atoms with van der Waals surface area (Å²) < 4.78 is 5.14. The maximum Gasteiger partial charge on any atom is 0.225 e. The van der Waals surface area contributed by atoms with E-state index in [0.29, 0.717) is 30.8 Å². The molecule has 7 nitrogen and oxygen atoms in total. The third-order valence-corrected chi connectivity index (χ3v) is 8.19. The fraction of sp³-hybridized carbons (Fsp3) is 0.645. The number of hydrogen-bond donors (Lipinski definition) is 2. The lowest BCUT2D eigenvalue weighted by Crippen LogP contribution is -2.61. The third-order valence-electron chi connectivity index (χ3n) is 7.76. The maximum atomic E-state index is 12.2. The van der Waals surface area contributed by atoms with Gasteiger partial charge in [0.1, 0.15) is 5.84 Å². The van der Waals surface area contributed by atoms with Crippen molar-refractivity contribution in [3.63, 3.8) is 0 Å². The van der Waals surface area contributed by atoms with Crippen molar-refractivity contribution in [1.82, 2.24) is 15.1 Å². The lowest BCUT2D eigenvalue weighted by molar-refractivity contribution is -0.133. The first-order valence-corrected chi connectivity index (χ1v) is 15.1. The number of rotatable bonds is 10. The van der Waals surface area contributed by atoms with E-state index >= 15 is 0 Å². The van der Waals surface area contributed by atoms with Gasteiger partial charge in [0.15, 0.2) is 0 Å². The average molecular weight is 558 g/mol. The molecule has 1 unspecified atom stereocenters. The highest BCUT2D eigenvalue weighted by molar-refractivity contribution is 7.22. The van der Waals surface area contributed by atoms with E-state index < -0.39 is 0 Å². The molecule has 3 rings (SSSR count). The Bertz CT molecular complexity index is 919. The van der Waals surface area contributed by atoms with E-state index in [4.69, 9.17) is 10.1 Å². The van der Waals surface area contributed by atoms with Gasteiger partial charge in [0.25, 0.3) is 0 Å². The smallest absolute Gasteiger partial charge is 0.225 e. The molecule has 3 aliphatic heterocycles. The van der Waals surface area contributed by atoms with Crippen molar-refractivity contribution in [3.8, 4) is 0 Å². The zero-order chi connectivity index (χ0) is 28.8. The van der Waals surface area contributed by atoms with Gasteiger partial charge in [-0.05, 0) is 63.6 Å². The van der Waals surface area contributed by atoms with E-state index in [1.165, 1.54) is 25.7 Å². The lowest BCUT2D eigenvalue weighted by atomic mass is 9.72. The largest absolute Gasteiger partial charge is 0.381 e. The van der Waals surface area contributed by atoms with Crippen LogP contribution in [-0.2, 0) is 9.53 Å². The number of nitrogens with one attached hydrogen (secondary N) is 2. The highest BCUT2D eigenvalue weighted by atomic mass is 31.0. The number of piperidine rings is 1. The first kappa shape index (κ1) is 33.1. The summed E-state index contributed by atoms with van der Waals surface area (Å²) in [5, 5.41) is 13.1. The Labute approximate surface area is 239 Å². The zero-order valence-electron chi connectivity index (χ0n) is 24.8. The molecule has 0 saturated carbocycles. The molecule has 218 valence electrons. The molecule has 0 aromatic heterocycles. The summed E-state index contributed by atoms with van der Waals surface area (Å²) in [6.45, 7) is 23.2. The van der Waals surface area contributed by atoms with Crippen molar-refractivity contribution >= 4 is 27.7 Å². The summed E-state index contributed by atoms with van der Waals surface area (Å²) in [6.07, 6.45) is 13.1. The van der Waals surface area contributed by atoms with Crippen LogP contribution in [0.3, 0.4) is 0 Å². The molecule has 3 fully saturated rings. The van der Waals surface area contributed by atoms with Crippen LogP contribution < -0.4 is 5.32 Å². The van der Waals surface area contributed by atoms with Gasteiger partial charge < -0.3 is 19.9 Å². The summed E-state index contributed by atoms with van der Waals surface area (Å²) in [5.41, 5.74) is 2.12. The van der Waals surface area contributed by atoms with Gasteiger partial charge in [-0.15, -0.1) is 9.24 Å². The molecule has 1 amide bonds. The molecule has 1 spiro atoms. The monoisotopic (exact) mass is 557 g/mol. The summed E-state index contributed by atoms with van der Waals surface area (Å²) >= 11 is 0. The minimum atomic E-state index is 0.00157. The van der Waals surface area contributed by atoms with Crippen molar-refractivity contribution in [2.45, 2.75) is 59.8 Å². The Balaban J connectivity index is 0.000000658. The van der Waals surface area contributed by atoms with Crippen LogP contribution in [0.15, 0.2) is 52.5 Å². The van der Waals surface area contributed by atoms with Crippen molar-refractivity contribution < 1.29 is 9.53 Å². The molecule has 1 atom stereocenters. The Morgan fingerprint density at radius 1 is 1.26 bits per heavy atom. The Kier molecular flexibility index (Phi) is 14.3. The quantitative estimate of drug-likeness (QED) is 0.162. The number of nitrogens with zero attached hydrogens (tertiary/aromatic N) is 3. The van der Waals surface area contributed by atoms with Gasteiger partial charge in [-0.3, -0.25) is 15.2 Å². The van der Waals surface area contributed by atoms with Gasteiger partial charge in [0, 0.05) is 68.9 Å². The fourth-order valence-corrected chi connectivity index (χ4v) is 5.26. The second-order valence-electron chi connectivity index (χ2n) is 11.5. The van der Waals surface area contributed by atoms with E-state index in [2.05, 4.69) is 44.7 Å². The Hall–Kier alpha value is -2.08. The SMILES string of the molecule is C=N/C=C(/CC(=C)/C=C\C(P)=C/CN(CC)C(=O)C(C)C)C(=N)N1CC2(CCNCC2)C1.CC1CCOCC1. The summed E-state index contributed by atoms with van der Waals surface area (Å²) in [6, 6.07) is 0. The minimum absolute atomic E-state index is 0.00157. The van der Waals surface area contributed by atoms with Crippen LogP contribution in [-0.4, -0.2) is 80.7 Å². The number of aliphatic imine (C=N–C) groups is 1. The molecule has 0 aromatic rings. The number of likely N-dealkylation sites (tertiary alicyclic amines) is 1. The molecule has 3 heterocycles. The molecular formula is C31H52N5O2P. The van der Waals surface area contributed by atoms with Gasteiger partial charge >= 0.3 is 0 Å². The van der Waals surface area contributed by atoms with Crippen LogP contribution in [0.5, 0.6) is 0 Å². The minimum Gasteiger partial charge on any atom is -0.381 e. The van der Waals surface area contributed by atoms with Crippen LogP contribution in [0.1, 0.15) is 59.8 Å². The molecule has 0 aromatic carbocycles. The van der Waals surface area contributed by atoms with Crippen LogP contribution in [0.4, 0.5) is 0 Å². The molecule has 3 aliphatic rings. The fourth-order valence-electron chi connectivity index (χ4n) is 5.06. The van der Waals surface area contributed by atoms with Crippen LogP contribution in [0.25, 0.3) is 0 Å². The number of hydrogen-bond acceptors (Lipinski definition) is 5. The predicted octanol–water partition coefficient (Wildman–Crippen LogP) is 5.43. The highest BCUT2D eigenvalue weighted by Gasteiger charge is 2.44. The van der Waals surface area contributed by atoms with Crippen molar-refractivity contribution in [2.24, 2.45) is 22.2 Å². The molecule has 8 heteroatoms. The number of carbonyl (C=O) groups excluding carboxylic acids is 1. The van der Waals surface area contributed by atoms with Gasteiger partial charge in [0.2, 0.25) is 5.91 Å². The first-order valence-electron chi connectivity index (χ1n) is 14.5. The summed E-state index contributed by atoms with van der Waals surface area (Å²) in [4.78, 5) is 20.1. The first-order chi connectivity index (χ1) is 18.6. The zero-order valence-corrected chi connectivity index (χ0v) is 26.0. The van der Waals surface area contributed by atoms with Gasteiger partial charge in [-0.2, -0.15) is 0 Å². The van der Waals surface area contributed by atoms with Gasteiger partial charge in [-0.25, -0.2) is 0 Å². The topological polar surface area (TPSA) is 81.0 Å². The molecular weight excluding hydrogens is 505 g/mol. The standard InChI is InChI=1S/C25H40N5OP.C6H12O/c1-6-29(24(31)19(2)3)14-9-22(32)8-7-20(4)15-21(16-27-5)23(26)30-17-25(18-30)10-12-28-13-11-25;1-6-2-4-7-5-3-6/h7-9,16,19,26,28H,4-6,10-15,17-18,32H2,1-3H3;6H,2-5H2,1H3/b8-7-,21-16-,22-9+,26-23?;.